The van der Waals surface area contributed by atoms with Gasteiger partial charge in [-0.1, -0.05) is 37.3 Å². The van der Waals surface area contributed by atoms with Gasteiger partial charge >= 0.3 is 0 Å². The predicted molar refractivity (Wildman–Crippen MR) is 129 cm³/mol. The third-order valence-corrected chi connectivity index (χ3v) is 6.79. The Bertz CT molecular complexity index is 1060. The number of amides is 2. The number of aryl methyl sites for hydroxylation is 1. The summed E-state index contributed by atoms with van der Waals surface area (Å²) in [6.07, 6.45) is 5.15. The molecule has 4 rings (SSSR count). The SMILES string of the molecule is CCCN1CCN(C(=O)c2csc(C)c2)CC(Cc2ccc(-c3cccnc3)cc2)C1=O. The zero-order valence-electron chi connectivity index (χ0n) is 18.7. The lowest BCUT2D eigenvalue weighted by atomic mass is 9.95. The maximum atomic E-state index is 13.3. The average molecular weight is 448 g/mol. The second-order valence-corrected chi connectivity index (χ2v) is 9.48. The van der Waals surface area contributed by atoms with Crippen LogP contribution in [0.3, 0.4) is 0 Å². The first-order chi connectivity index (χ1) is 15.5. The van der Waals surface area contributed by atoms with Gasteiger partial charge in [-0.05, 0) is 48.6 Å². The van der Waals surface area contributed by atoms with Gasteiger partial charge in [-0.3, -0.25) is 14.6 Å². The van der Waals surface area contributed by atoms with Gasteiger partial charge in [0.05, 0.1) is 11.5 Å². The smallest absolute Gasteiger partial charge is 0.254 e. The standard InChI is InChI=1S/C26H29N3O2S/c1-3-11-28-12-13-29(26(31)24-14-19(2)32-18-24)17-23(25(28)30)15-20-6-8-21(9-7-20)22-5-4-10-27-16-22/h4-10,14,16,18,23H,3,11-13,15,17H2,1-2H3. The highest BCUT2D eigenvalue weighted by Crippen LogP contribution is 2.23. The van der Waals surface area contributed by atoms with E-state index in [9.17, 15) is 9.59 Å². The van der Waals surface area contributed by atoms with E-state index in [4.69, 9.17) is 0 Å². The van der Waals surface area contributed by atoms with Gasteiger partial charge < -0.3 is 9.80 Å². The normalized spacial score (nSPS) is 16.8. The first-order valence-corrected chi connectivity index (χ1v) is 12.1. The number of rotatable bonds is 6. The van der Waals surface area contributed by atoms with Gasteiger partial charge in [-0.2, -0.15) is 0 Å². The summed E-state index contributed by atoms with van der Waals surface area (Å²) in [6, 6.07) is 14.2. The van der Waals surface area contributed by atoms with Gasteiger partial charge in [-0.15, -0.1) is 11.3 Å². The molecular weight excluding hydrogens is 418 g/mol. The van der Waals surface area contributed by atoms with Crippen LogP contribution in [0.2, 0.25) is 0 Å². The van der Waals surface area contributed by atoms with E-state index in [1.54, 1.807) is 17.5 Å². The van der Waals surface area contributed by atoms with Crippen LogP contribution in [0.4, 0.5) is 0 Å². The molecule has 32 heavy (non-hydrogen) atoms. The lowest BCUT2D eigenvalue weighted by molar-refractivity contribution is -0.134. The van der Waals surface area contributed by atoms with E-state index < -0.39 is 0 Å². The van der Waals surface area contributed by atoms with Crippen molar-refractivity contribution in [1.29, 1.82) is 0 Å². The highest BCUT2D eigenvalue weighted by molar-refractivity contribution is 7.10. The summed E-state index contributed by atoms with van der Waals surface area (Å²) in [7, 11) is 0. The topological polar surface area (TPSA) is 53.5 Å². The van der Waals surface area contributed by atoms with Crippen LogP contribution in [0.5, 0.6) is 0 Å². The summed E-state index contributed by atoms with van der Waals surface area (Å²) in [6.45, 7) is 6.45. The average Bonchev–Trinajstić information content (AvgIpc) is 3.20. The van der Waals surface area contributed by atoms with Gasteiger partial charge in [0.1, 0.15) is 0 Å². The number of pyridine rings is 1. The summed E-state index contributed by atoms with van der Waals surface area (Å²) in [5.74, 6) is -0.0608. The second-order valence-electron chi connectivity index (χ2n) is 8.36. The maximum absolute atomic E-state index is 13.3. The number of nitrogens with zero attached hydrogens (tertiary/aromatic N) is 3. The zero-order chi connectivity index (χ0) is 22.5. The summed E-state index contributed by atoms with van der Waals surface area (Å²) in [4.78, 5) is 35.6. The number of hydrogen-bond acceptors (Lipinski definition) is 4. The van der Waals surface area contributed by atoms with Crippen molar-refractivity contribution >= 4 is 23.2 Å². The van der Waals surface area contributed by atoms with Crippen molar-refractivity contribution in [3.05, 3.63) is 76.2 Å². The molecule has 0 aliphatic carbocycles. The van der Waals surface area contributed by atoms with Crippen LogP contribution < -0.4 is 0 Å². The predicted octanol–water partition coefficient (Wildman–Crippen LogP) is 4.67. The van der Waals surface area contributed by atoms with E-state index in [1.807, 2.05) is 46.5 Å². The Hall–Kier alpha value is -2.99. The monoisotopic (exact) mass is 447 g/mol. The molecule has 5 nitrogen and oxygen atoms in total. The molecule has 2 aromatic heterocycles. The fourth-order valence-corrected chi connectivity index (χ4v) is 4.94. The van der Waals surface area contributed by atoms with Crippen LogP contribution in [0.1, 0.15) is 34.1 Å². The number of carbonyl (C=O) groups is 2. The van der Waals surface area contributed by atoms with Gasteiger partial charge in [0.2, 0.25) is 5.91 Å². The van der Waals surface area contributed by atoms with Crippen LogP contribution in [-0.4, -0.2) is 52.8 Å². The molecular formula is C26H29N3O2S. The Labute approximate surface area is 193 Å². The van der Waals surface area contributed by atoms with Gasteiger partial charge in [0.25, 0.3) is 5.91 Å². The summed E-state index contributed by atoms with van der Waals surface area (Å²) in [5.41, 5.74) is 4.00. The molecule has 0 spiro atoms. The first kappa shape index (κ1) is 22.2. The Morgan fingerprint density at radius 2 is 1.97 bits per heavy atom. The molecule has 1 aliphatic rings. The number of carbonyl (C=O) groups excluding carboxylic acids is 2. The molecule has 1 fully saturated rings. The van der Waals surface area contributed by atoms with Gasteiger partial charge in [0.15, 0.2) is 0 Å². The number of hydrogen-bond donors (Lipinski definition) is 0. The summed E-state index contributed by atoms with van der Waals surface area (Å²) < 4.78 is 0. The Morgan fingerprint density at radius 3 is 2.62 bits per heavy atom. The van der Waals surface area contributed by atoms with Crippen molar-refractivity contribution < 1.29 is 9.59 Å². The quantitative estimate of drug-likeness (QED) is 0.552. The Morgan fingerprint density at radius 1 is 1.16 bits per heavy atom. The first-order valence-electron chi connectivity index (χ1n) is 11.2. The maximum Gasteiger partial charge on any atom is 0.254 e. The molecule has 1 saturated heterocycles. The van der Waals surface area contributed by atoms with Crippen LogP contribution >= 0.6 is 11.3 Å². The number of benzene rings is 1. The molecule has 0 bridgehead atoms. The van der Waals surface area contributed by atoms with E-state index >= 15 is 0 Å². The molecule has 1 atom stereocenters. The van der Waals surface area contributed by atoms with Crippen molar-refractivity contribution in [2.75, 3.05) is 26.2 Å². The van der Waals surface area contributed by atoms with Crippen LogP contribution in [0.15, 0.2) is 60.2 Å². The molecule has 1 aromatic carbocycles. The molecule has 1 aliphatic heterocycles. The second kappa shape index (κ2) is 10.1. The third kappa shape index (κ3) is 5.07. The summed E-state index contributed by atoms with van der Waals surface area (Å²) >= 11 is 1.58. The molecule has 1 unspecified atom stereocenters. The molecule has 6 heteroatoms. The van der Waals surface area contributed by atoms with Crippen LogP contribution in [0, 0.1) is 12.8 Å². The van der Waals surface area contributed by atoms with Crippen molar-refractivity contribution in [3.63, 3.8) is 0 Å². The minimum absolute atomic E-state index is 0.0254. The zero-order valence-corrected chi connectivity index (χ0v) is 19.5. The minimum atomic E-state index is -0.239. The van der Waals surface area contributed by atoms with Gasteiger partial charge in [0, 0.05) is 48.8 Å². The molecule has 2 amide bonds. The fraction of sp³-hybridized carbons (Fsp3) is 0.346. The largest absolute Gasteiger partial charge is 0.341 e. The molecule has 3 aromatic rings. The van der Waals surface area contributed by atoms with Crippen molar-refractivity contribution in [2.45, 2.75) is 26.7 Å². The van der Waals surface area contributed by atoms with Gasteiger partial charge in [-0.25, -0.2) is 0 Å². The molecule has 166 valence electrons. The Balaban J connectivity index is 1.53. The van der Waals surface area contributed by atoms with E-state index in [0.717, 1.165) is 40.1 Å². The van der Waals surface area contributed by atoms with Crippen molar-refractivity contribution in [3.8, 4) is 11.1 Å². The number of aromatic nitrogens is 1. The number of thiophene rings is 1. The van der Waals surface area contributed by atoms with E-state index in [1.165, 1.54) is 0 Å². The lowest BCUT2D eigenvalue weighted by Gasteiger charge is -2.24. The lowest BCUT2D eigenvalue weighted by Crippen LogP contribution is -2.38. The molecule has 0 saturated carbocycles. The van der Waals surface area contributed by atoms with Crippen molar-refractivity contribution in [1.82, 2.24) is 14.8 Å². The van der Waals surface area contributed by atoms with Crippen LogP contribution in [-0.2, 0) is 11.2 Å². The van der Waals surface area contributed by atoms with Crippen LogP contribution in [0.25, 0.3) is 11.1 Å². The molecule has 3 heterocycles. The molecule has 0 N–H and O–H groups in total. The Kier molecular flexibility index (Phi) is 7.00. The molecule has 0 radical (unpaired) electrons. The van der Waals surface area contributed by atoms with E-state index in [0.29, 0.717) is 26.1 Å². The van der Waals surface area contributed by atoms with Crippen molar-refractivity contribution in [2.24, 2.45) is 5.92 Å². The van der Waals surface area contributed by atoms with E-state index in [2.05, 4.69) is 36.2 Å². The third-order valence-electron chi connectivity index (χ3n) is 5.93. The highest BCUT2D eigenvalue weighted by Gasteiger charge is 2.32. The minimum Gasteiger partial charge on any atom is -0.341 e. The summed E-state index contributed by atoms with van der Waals surface area (Å²) in [5, 5.41) is 1.92. The highest BCUT2D eigenvalue weighted by atomic mass is 32.1. The fourth-order valence-electron chi connectivity index (χ4n) is 4.26. The van der Waals surface area contributed by atoms with E-state index in [-0.39, 0.29) is 17.7 Å².